The molecule has 0 aliphatic carbocycles. The molecule has 0 unspecified atom stereocenters. The second kappa shape index (κ2) is 7.13. The molecule has 0 fully saturated rings. The molecular weight excluding hydrogens is 370 g/mol. The molecule has 1 nitrogen and oxygen atoms in total. The van der Waals surface area contributed by atoms with E-state index in [2.05, 4.69) is 35.3 Å². The van der Waals surface area contributed by atoms with Gasteiger partial charge in [0, 0.05) is 37.4 Å². The highest BCUT2D eigenvalue weighted by Gasteiger charge is 2.10. The molecule has 0 radical (unpaired) electrons. The molecular formula is C27H23NS. The van der Waals surface area contributed by atoms with Crippen LogP contribution in [0.4, 0.5) is 0 Å². The second-order valence-corrected chi connectivity index (χ2v) is 8.59. The average Bonchev–Trinajstić information content (AvgIpc) is 3.15. The number of thiophene rings is 1. The summed E-state index contributed by atoms with van der Waals surface area (Å²) in [5, 5.41) is 2.46. The van der Waals surface area contributed by atoms with Gasteiger partial charge in [0.1, 0.15) is 0 Å². The first kappa shape index (κ1) is 14.1. The van der Waals surface area contributed by atoms with Gasteiger partial charge in [0.25, 0.3) is 0 Å². The Kier molecular flexibility index (Phi) is 3.46. The molecule has 0 saturated carbocycles. The molecule has 0 N–H and O–H groups in total. The van der Waals surface area contributed by atoms with Crippen molar-refractivity contribution in [2.45, 2.75) is 26.6 Å². The summed E-state index contributed by atoms with van der Waals surface area (Å²) in [6, 6.07) is 24.1. The Morgan fingerprint density at radius 3 is 2.41 bits per heavy atom. The molecule has 2 aromatic heterocycles. The number of aryl methyl sites for hydroxylation is 1. The van der Waals surface area contributed by atoms with Crippen molar-refractivity contribution in [3.8, 4) is 22.4 Å². The fraction of sp³-hybridized carbons (Fsp3) is 0.148. The topological polar surface area (TPSA) is 12.9 Å². The Morgan fingerprint density at radius 2 is 1.62 bits per heavy atom. The second-order valence-electron chi connectivity index (χ2n) is 7.50. The maximum atomic E-state index is 8.24. The highest BCUT2D eigenvalue weighted by Crippen LogP contribution is 2.36. The Morgan fingerprint density at radius 1 is 0.862 bits per heavy atom. The van der Waals surface area contributed by atoms with Gasteiger partial charge >= 0.3 is 0 Å². The molecule has 0 aliphatic rings. The SMILES string of the molecule is [2H]C([2H])([2H])c1cnc(-c2ccc3c(c2)sc2ccccc23)cc1-c1ccc(C([2H])(C)C)cc1. The smallest absolute Gasteiger partial charge is 0.0708 e. The first-order valence-corrected chi connectivity index (χ1v) is 10.5. The van der Waals surface area contributed by atoms with Crippen LogP contribution in [0, 0.1) is 6.85 Å². The summed E-state index contributed by atoms with van der Waals surface area (Å²) in [6.07, 6.45) is 1.48. The van der Waals surface area contributed by atoms with E-state index < -0.39 is 12.7 Å². The molecule has 0 atom stereocenters. The summed E-state index contributed by atoms with van der Waals surface area (Å²) < 4.78 is 34.7. The number of pyridine rings is 1. The maximum Gasteiger partial charge on any atom is 0.0708 e. The zero-order valence-electron chi connectivity index (χ0n) is 20.4. The molecule has 5 aromatic rings. The van der Waals surface area contributed by atoms with Crippen molar-refractivity contribution >= 4 is 31.5 Å². The van der Waals surface area contributed by atoms with E-state index in [-0.39, 0.29) is 5.56 Å². The van der Waals surface area contributed by atoms with Gasteiger partial charge in [-0.3, -0.25) is 4.98 Å². The predicted octanol–water partition coefficient (Wildman–Crippen LogP) is 8.22. The number of fused-ring (bicyclic) bond motifs is 3. The molecule has 0 amide bonds. The van der Waals surface area contributed by atoms with Crippen LogP contribution >= 0.6 is 11.3 Å². The minimum Gasteiger partial charge on any atom is -0.256 e. The lowest BCUT2D eigenvalue weighted by atomic mass is 9.96. The van der Waals surface area contributed by atoms with E-state index in [9.17, 15) is 0 Å². The van der Waals surface area contributed by atoms with E-state index in [4.69, 9.17) is 5.48 Å². The number of benzene rings is 3. The van der Waals surface area contributed by atoms with Crippen molar-refractivity contribution in [1.82, 2.24) is 4.98 Å². The fourth-order valence-corrected chi connectivity index (χ4v) is 4.87. The molecule has 29 heavy (non-hydrogen) atoms. The van der Waals surface area contributed by atoms with Gasteiger partial charge < -0.3 is 0 Å². The molecule has 0 aliphatic heterocycles. The summed E-state index contributed by atoms with van der Waals surface area (Å²) >= 11 is 1.75. The first-order chi connectivity index (χ1) is 15.6. The number of rotatable bonds is 3. The van der Waals surface area contributed by atoms with Crippen molar-refractivity contribution in [3.63, 3.8) is 0 Å². The van der Waals surface area contributed by atoms with E-state index >= 15 is 0 Å². The van der Waals surface area contributed by atoms with E-state index in [1.54, 1.807) is 11.3 Å². The third kappa shape index (κ3) is 3.24. The van der Waals surface area contributed by atoms with E-state index in [0.29, 0.717) is 5.56 Å². The molecule has 142 valence electrons. The summed E-state index contributed by atoms with van der Waals surface area (Å²) in [5.74, 6) is -0.714. The Balaban J connectivity index is 1.64. The van der Waals surface area contributed by atoms with Crippen LogP contribution in [0.15, 0.2) is 79.0 Å². The molecule has 0 saturated heterocycles. The van der Waals surface area contributed by atoms with Crippen LogP contribution in [0.1, 0.15) is 36.4 Å². The fourth-order valence-electron chi connectivity index (χ4n) is 3.72. The first-order valence-electron chi connectivity index (χ1n) is 11.6. The molecule has 2 heterocycles. The molecule has 3 aromatic carbocycles. The van der Waals surface area contributed by atoms with Crippen LogP contribution in [0.3, 0.4) is 0 Å². The highest BCUT2D eigenvalue weighted by atomic mass is 32.1. The Labute approximate surface area is 181 Å². The number of hydrogen-bond donors (Lipinski definition) is 0. The Bertz CT molecular complexity index is 1470. The van der Waals surface area contributed by atoms with Crippen LogP contribution in [0.25, 0.3) is 42.6 Å². The van der Waals surface area contributed by atoms with Crippen LogP contribution in [-0.2, 0) is 0 Å². The average molecular weight is 398 g/mol. The van der Waals surface area contributed by atoms with Gasteiger partial charge in [-0.05, 0) is 53.2 Å². The van der Waals surface area contributed by atoms with Crippen molar-refractivity contribution in [2.24, 2.45) is 0 Å². The summed E-state index contributed by atoms with van der Waals surface area (Å²) in [7, 11) is 0. The van der Waals surface area contributed by atoms with Crippen LogP contribution < -0.4 is 0 Å². The van der Waals surface area contributed by atoms with Crippen molar-refractivity contribution in [2.75, 3.05) is 0 Å². The summed E-state index contributed by atoms with van der Waals surface area (Å²) in [4.78, 5) is 4.53. The largest absolute Gasteiger partial charge is 0.256 e. The lowest BCUT2D eigenvalue weighted by Crippen LogP contribution is -1.91. The van der Waals surface area contributed by atoms with Gasteiger partial charge in [-0.15, -0.1) is 11.3 Å². The number of nitrogens with zero attached hydrogens (tertiary/aromatic N) is 1. The maximum absolute atomic E-state index is 8.24. The third-order valence-corrected chi connectivity index (χ3v) is 6.49. The lowest BCUT2D eigenvalue weighted by molar-refractivity contribution is 0.867. The van der Waals surface area contributed by atoms with Crippen LogP contribution in [0.2, 0.25) is 0 Å². The standard InChI is InChI=1S/C27H23NS/c1-17(2)19-8-10-20(11-9-19)24-15-25(28-16-18(24)3)21-12-13-23-22-6-4-5-7-26(22)29-27(23)14-21/h4-17H,1-3H3/i3D3,17D. The van der Waals surface area contributed by atoms with E-state index in [1.807, 2.05) is 56.3 Å². The van der Waals surface area contributed by atoms with Crippen LogP contribution in [-0.4, -0.2) is 4.98 Å². The minimum atomic E-state index is -2.27. The van der Waals surface area contributed by atoms with E-state index in [1.165, 1.54) is 26.4 Å². The number of hydrogen-bond acceptors (Lipinski definition) is 2. The van der Waals surface area contributed by atoms with Crippen molar-refractivity contribution in [3.05, 3.63) is 90.1 Å². The molecule has 0 bridgehead atoms. The summed E-state index contributed by atoms with van der Waals surface area (Å²) in [5.41, 5.74) is 4.25. The quantitative estimate of drug-likeness (QED) is 0.299. The van der Waals surface area contributed by atoms with E-state index in [0.717, 1.165) is 22.4 Å². The van der Waals surface area contributed by atoms with Gasteiger partial charge in [0.15, 0.2) is 0 Å². The van der Waals surface area contributed by atoms with Gasteiger partial charge in [0.05, 0.1) is 5.69 Å². The molecule has 5 rings (SSSR count). The van der Waals surface area contributed by atoms with Crippen LogP contribution in [0.5, 0.6) is 0 Å². The molecule has 0 spiro atoms. The van der Waals surface area contributed by atoms with Gasteiger partial charge in [-0.25, -0.2) is 0 Å². The molecule has 2 heteroatoms. The van der Waals surface area contributed by atoms with Crippen molar-refractivity contribution < 1.29 is 5.48 Å². The highest BCUT2D eigenvalue weighted by molar-refractivity contribution is 7.25. The monoisotopic (exact) mass is 397 g/mol. The van der Waals surface area contributed by atoms with Gasteiger partial charge in [-0.2, -0.15) is 0 Å². The lowest BCUT2D eigenvalue weighted by Gasteiger charge is -2.11. The third-order valence-electron chi connectivity index (χ3n) is 5.35. The van der Waals surface area contributed by atoms with Gasteiger partial charge in [0.2, 0.25) is 0 Å². The minimum absolute atomic E-state index is 0.229. The van der Waals surface area contributed by atoms with Gasteiger partial charge in [-0.1, -0.05) is 68.4 Å². The van der Waals surface area contributed by atoms with Crippen molar-refractivity contribution in [1.29, 1.82) is 0 Å². The zero-order valence-corrected chi connectivity index (χ0v) is 17.2. The summed E-state index contributed by atoms with van der Waals surface area (Å²) in [6.45, 7) is 1.40. The predicted molar refractivity (Wildman–Crippen MR) is 127 cm³/mol. The normalized spacial score (nSPS) is 14.4. The number of aromatic nitrogens is 1. The zero-order chi connectivity index (χ0) is 23.4. The Hall–Kier alpha value is -2.97.